The highest BCUT2D eigenvalue weighted by atomic mass is 35.5. The fourth-order valence-electron chi connectivity index (χ4n) is 5.11. The number of hydrogen-bond acceptors (Lipinski definition) is 2. The smallest absolute Gasteiger partial charge is 0.323 e. The van der Waals surface area contributed by atoms with Crippen molar-refractivity contribution in [2.75, 3.05) is 18.5 Å². The first-order valence-corrected chi connectivity index (χ1v) is 11.0. The lowest BCUT2D eigenvalue weighted by Crippen LogP contribution is -3.00. The van der Waals surface area contributed by atoms with E-state index in [4.69, 9.17) is 0 Å². The summed E-state index contributed by atoms with van der Waals surface area (Å²) in [6, 6.07) is 16.6. The standard InChI is InChI=1S/C28H30N2O2.ClH/c1-27(2)20-13-9-11-15-22(20)29(5)24(27)17-7-6-8-18-25-28(3,4)21-14-10-12-16-23(21)30(25)19-26(31)32;/h6-18H,19H2,1-5H3;1H. The van der Waals surface area contributed by atoms with Crippen LogP contribution in [0.15, 0.2) is 84.6 Å². The third-order valence-corrected chi connectivity index (χ3v) is 6.76. The molecule has 0 saturated carbocycles. The molecule has 0 aromatic heterocycles. The van der Waals surface area contributed by atoms with E-state index in [-0.39, 0.29) is 29.8 Å². The molecular weight excluding hydrogens is 432 g/mol. The van der Waals surface area contributed by atoms with Crippen LogP contribution >= 0.6 is 0 Å². The van der Waals surface area contributed by atoms with Gasteiger partial charge in [-0.2, -0.15) is 4.58 Å². The van der Waals surface area contributed by atoms with Crippen LogP contribution in [-0.4, -0.2) is 35.0 Å². The van der Waals surface area contributed by atoms with Crippen molar-refractivity contribution in [2.24, 2.45) is 0 Å². The predicted molar refractivity (Wildman–Crippen MR) is 131 cm³/mol. The summed E-state index contributed by atoms with van der Waals surface area (Å²) in [5, 5.41) is 9.46. The maximum Gasteiger partial charge on any atom is 0.323 e. The Morgan fingerprint density at radius 2 is 1.58 bits per heavy atom. The van der Waals surface area contributed by atoms with E-state index in [1.807, 2.05) is 41.3 Å². The second kappa shape index (κ2) is 9.03. The Morgan fingerprint density at radius 3 is 2.24 bits per heavy atom. The summed E-state index contributed by atoms with van der Waals surface area (Å²) in [5.41, 5.74) is 6.63. The third-order valence-electron chi connectivity index (χ3n) is 6.76. The Hall–Kier alpha value is -3.11. The van der Waals surface area contributed by atoms with E-state index in [0.29, 0.717) is 0 Å². The van der Waals surface area contributed by atoms with E-state index in [2.05, 4.69) is 81.8 Å². The highest BCUT2D eigenvalue weighted by Crippen LogP contribution is 2.47. The lowest BCUT2D eigenvalue weighted by molar-refractivity contribution is -0.401. The third kappa shape index (κ3) is 4.16. The van der Waals surface area contributed by atoms with E-state index < -0.39 is 5.97 Å². The lowest BCUT2D eigenvalue weighted by Gasteiger charge is -2.25. The van der Waals surface area contributed by atoms with Gasteiger partial charge < -0.3 is 22.4 Å². The van der Waals surface area contributed by atoms with Crippen LogP contribution in [0.1, 0.15) is 38.8 Å². The highest BCUT2D eigenvalue weighted by molar-refractivity contribution is 6.03. The number of carboxylic acid groups (broad SMARTS) is 1. The Labute approximate surface area is 202 Å². The number of aliphatic carboxylic acids is 1. The van der Waals surface area contributed by atoms with Crippen LogP contribution in [-0.2, 0) is 15.6 Å². The van der Waals surface area contributed by atoms with Crippen LogP contribution in [0.5, 0.6) is 0 Å². The zero-order valence-corrected chi connectivity index (χ0v) is 20.6. The van der Waals surface area contributed by atoms with Crippen LogP contribution in [0.4, 0.5) is 11.4 Å². The number of nitrogens with zero attached hydrogens (tertiary/aromatic N) is 2. The van der Waals surface area contributed by atoms with Crippen LogP contribution in [0, 0.1) is 0 Å². The average Bonchev–Trinajstić information content (AvgIpc) is 3.08. The largest absolute Gasteiger partial charge is 1.00 e. The quantitative estimate of drug-likeness (QED) is 0.548. The number of carboxylic acids is 1. The first kappa shape index (κ1) is 24.5. The fraction of sp³-hybridized carbons (Fsp3) is 0.286. The SMILES string of the molecule is C[N+]1=C(C=CC=CC=C2N(CC(=O)O)c3ccccc3C2(C)C)C(C)(C)c2ccccc21.[Cl-]. The Kier molecular flexibility index (Phi) is 6.71. The van der Waals surface area contributed by atoms with Gasteiger partial charge in [0, 0.05) is 34.5 Å². The summed E-state index contributed by atoms with van der Waals surface area (Å²) in [5.74, 6) is -0.838. The first-order chi connectivity index (χ1) is 15.2. The maximum absolute atomic E-state index is 11.5. The normalized spacial score (nSPS) is 19.3. The van der Waals surface area contributed by atoms with Gasteiger partial charge in [-0.05, 0) is 31.6 Å². The summed E-state index contributed by atoms with van der Waals surface area (Å²) >= 11 is 0. The summed E-state index contributed by atoms with van der Waals surface area (Å²) in [6.45, 7) is 8.75. The van der Waals surface area contributed by atoms with Crippen molar-refractivity contribution in [3.05, 3.63) is 95.7 Å². The van der Waals surface area contributed by atoms with Crippen molar-refractivity contribution in [3.8, 4) is 0 Å². The molecule has 0 spiro atoms. The topological polar surface area (TPSA) is 43.5 Å². The van der Waals surface area contributed by atoms with Crippen LogP contribution in [0.2, 0.25) is 0 Å². The average molecular weight is 463 g/mol. The molecule has 0 unspecified atom stereocenters. The highest BCUT2D eigenvalue weighted by Gasteiger charge is 2.42. The van der Waals surface area contributed by atoms with E-state index in [0.717, 1.165) is 16.9 Å². The minimum absolute atomic E-state index is 0. The van der Waals surface area contributed by atoms with Gasteiger partial charge in [0.2, 0.25) is 5.69 Å². The summed E-state index contributed by atoms with van der Waals surface area (Å²) < 4.78 is 2.25. The van der Waals surface area contributed by atoms with Crippen molar-refractivity contribution >= 4 is 23.1 Å². The molecule has 2 aliphatic rings. The van der Waals surface area contributed by atoms with Gasteiger partial charge in [-0.25, -0.2) is 0 Å². The van der Waals surface area contributed by atoms with Crippen molar-refractivity contribution in [3.63, 3.8) is 0 Å². The molecule has 0 fully saturated rings. The second-order valence-electron chi connectivity index (χ2n) is 9.50. The van der Waals surface area contributed by atoms with Gasteiger partial charge in [-0.1, -0.05) is 68.5 Å². The van der Waals surface area contributed by atoms with Gasteiger partial charge in [0.1, 0.15) is 13.6 Å². The van der Waals surface area contributed by atoms with E-state index in [1.165, 1.54) is 17.0 Å². The van der Waals surface area contributed by atoms with Crippen molar-refractivity contribution < 1.29 is 26.9 Å². The minimum Gasteiger partial charge on any atom is -1.00 e. The molecule has 172 valence electrons. The molecule has 1 N–H and O–H groups in total. The second-order valence-corrected chi connectivity index (χ2v) is 9.50. The molecule has 2 aromatic rings. The molecule has 0 aliphatic carbocycles. The molecule has 2 aliphatic heterocycles. The number of anilines is 1. The summed E-state index contributed by atoms with van der Waals surface area (Å²) in [7, 11) is 2.11. The first-order valence-electron chi connectivity index (χ1n) is 11.0. The van der Waals surface area contributed by atoms with E-state index >= 15 is 0 Å². The predicted octanol–water partition coefficient (Wildman–Crippen LogP) is 2.58. The molecule has 4 nitrogen and oxygen atoms in total. The van der Waals surface area contributed by atoms with Crippen molar-refractivity contribution in [2.45, 2.75) is 38.5 Å². The molecule has 5 heteroatoms. The molecule has 33 heavy (non-hydrogen) atoms. The number of rotatable bonds is 5. The van der Waals surface area contributed by atoms with E-state index in [1.54, 1.807) is 0 Å². The van der Waals surface area contributed by atoms with Crippen LogP contribution in [0.25, 0.3) is 0 Å². The number of hydrogen-bond donors (Lipinski definition) is 1. The van der Waals surface area contributed by atoms with Crippen LogP contribution < -0.4 is 17.3 Å². The summed E-state index contributed by atoms with van der Waals surface area (Å²) in [4.78, 5) is 13.4. The van der Waals surface area contributed by atoms with Crippen molar-refractivity contribution in [1.29, 1.82) is 0 Å². The molecule has 0 saturated heterocycles. The molecule has 4 rings (SSSR count). The van der Waals surface area contributed by atoms with Gasteiger partial charge in [0.05, 0.1) is 5.41 Å². The molecule has 0 amide bonds. The van der Waals surface area contributed by atoms with Gasteiger partial charge in [-0.3, -0.25) is 4.79 Å². The van der Waals surface area contributed by atoms with Gasteiger partial charge in [-0.15, -0.1) is 0 Å². The number of carbonyl (C=O) groups is 1. The lowest BCUT2D eigenvalue weighted by atomic mass is 9.81. The minimum atomic E-state index is -0.838. The number of benzene rings is 2. The molecule has 0 atom stereocenters. The number of halogens is 1. The monoisotopic (exact) mass is 462 g/mol. The Morgan fingerprint density at radius 1 is 0.939 bits per heavy atom. The van der Waals surface area contributed by atoms with Gasteiger partial charge >= 0.3 is 5.97 Å². The zero-order chi connectivity index (χ0) is 23.1. The fourth-order valence-corrected chi connectivity index (χ4v) is 5.11. The molecule has 0 bridgehead atoms. The molecule has 0 radical (unpaired) electrons. The van der Waals surface area contributed by atoms with Gasteiger partial charge in [0.15, 0.2) is 5.71 Å². The maximum atomic E-state index is 11.5. The van der Waals surface area contributed by atoms with Crippen LogP contribution in [0.3, 0.4) is 0 Å². The summed E-state index contributed by atoms with van der Waals surface area (Å²) in [6.07, 6.45) is 10.3. The molecule has 2 heterocycles. The number of allylic oxidation sites excluding steroid dienone is 6. The Bertz CT molecular complexity index is 1200. The number of para-hydroxylation sites is 2. The number of fused-ring (bicyclic) bond motifs is 2. The van der Waals surface area contributed by atoms with E-state index in [9.17, 15) is 9.90 Å². The Balaban J connectivity index is 0.00000306. The molecular formula is C28H31ClN2O2. The van der Waals surface area contributed by atoms with Gasteiger partial charge in [0.25, 0.3) is 0 Å². The van der Waals surface area contributed by atoms with Crippen molar-refractivity contribution in [1.82, 2.24) is 0 Å². The zero-order valence-electron chi connectivity index (χ0n) is 19.8. The molecule has 2 aromatic carbocycles.